The first-order valence-electron chi connectivity index (χ1n) is 2.27. The van der Waals surface area contributed by atoms with Gasteiger partial charge in [0.05, 0.1) is 6.61 Å². The van der Waals surface area contributed by atoms with Crippen molar-refractivity contribution in [3.8, 4) is 0 Å². The molecule has 0 heterocycles. The monoisotopic (exact) mass is 223 g/mol. The van der Waals surface area contributed by atoms with Crippen LogP contribution in [0.15, 0.2) is 0 Å². The Balaban J connectivity index is 0. The van der Waals surface area contributed by atoms with Crippen LogP contribution in [0.1, 0.15) is 6.92 Å². The Kier molecular flexibility index (Phi) is 5.85. The van der Waals surface area contributed by atoms with Crippen molar-refractivity contribution in [1.29, 1.82) is 0 Å². The van der Waals surface area contributed by atoms with Crippen molar-refractivity contribution in [2.75, 3.05) is 6.61 Å². The molecule has 0 fully saturated rings. The Labute approximate surface area is 80.8 Å². The van der Waals surface area contributed by atoms with Crippen molar-refractivity contribution >= 4 is 10.1 Å². The summed E-state index contributed by atoms with van der Waals surface area (Å²) in [5.41, 5.74) is -5.30. The molecule has 0 spiro atoms. The molecule has 65 valence electrons. The van der Waals surface area contributed by atoms with Crippen LogP contribution in [0.2, 0.25) is 0 Å². The van der Waals surface area contributed by atoms with Gasteiger partial charge in [-0.3, -0.25) is 4.18 Å². The molecule has 0 saturated heterocycles. The van der Waals surface area contributed by atoms with Crippen molar-refractivity contribution in [3.63, 3.8) is 0 Å². The standard InChI is InChI=1S/C3H5F3O3S.Sc/c1-2-9-10(7,8)3(4,5)6;/h2H2,1H3;. The van der Waals surface area contributed by atoms with E-state index < -0.39 is 22.2 Å². The normalized spacial score (nSPS) is 12.4. The van der Waals surface area contributed by atoms with E-state index in [1.165, 1.54) is 0 Å². The summed E-state index contributed by atoms with van der Waals surface area (Å²) in [5.74, 6) is 0. The molecule has 0 aromatic heterocycles. The summed E-state index contributed by atoms with van der Waals surface area (Å²) in [6.45, 7) is 0.644. The fraction of sp³-hybridized carbons (Fsp3) is 1.00. The molecule has 0 rings (SSSR count). The van der Waals surface area contributed by atoms with Gasteiger partial charge in [-0.05, 0) is 6.92 Å². The van der Waals surface area contributed by atoms with E-state index in [9.17, 15) is 21.6 Å². The fourth-order valence-electron chi connectivity index (χ4n) is 0.222. The predicted molar refractivity (Wildman–Crippen MR) is 26.6 cm³/mol. The van der Waals surface area contributed by atoms with Gasteiger partial charge in [0, 0.05) is 25.8 Å². The van der Waals surface area contributed by atoms with Gasteiger partial charge in [0.2, 0.25) is 0 Å². The fourth-order valence-corrected chi connectivity index (χ4v) is 0.666. The molecule has 0 N–H and O–H groups in total. The molecule has 0 aliphatic heterocycles. The number of halogens is 3. The summed E-state index contributed by atoms with van der Waals surface area (Å²) < 4.78 is 57.2. The third-order valence-electron chi connectivity index (χ3n) is 0.556. The van der Waals surface area contributed by atoms with Crippen molar-refractivity contribution in [2.45, 2.75) is 12.4 Å². The smallest absolute Gasteiger partial charge is 0.263 e. The van der Waals surface area contributed by atoms with Crippen LogP contribution >= 0.6 is 0 Å². The van der Waals surface area contributed by atoms with Crippen LogP contribution in [0.25, 0.3) is 0 Å². The second kappa shape index (κ2) is 4.56. The van der Waals surface area contributed by atoms with Crippen molar-refractivity contribution in [3.05, 3.63) is 0 Å². The SMILES string of the molecule is CCOS(=O)(=O)C(F)(F)F.[Sc]. The number of rotatable bonds is 2. The molecule has 1 radical (unpaired) electrons. The molecule has 0 bridgehead atoms. The summed E-state index contributed by atoms with van der Waals surface area (Å²) >= 11 is 0. The Morgan fingerprint density at radius 1 is 1.36 bits per heavy atom. The zero-order chi connectivity index (χ0) is 8.41. The van der Waals surface area contributed by atoms with Gasteiger partial charge in [-0.25, -0.2) is 0 Å². The number of alkyl halides is 3. The second-order valence-electron chi connectivity index (χ2n) is 1.31. The van der Waals surface area contributed by atoms with Gasteiger partial charge in [-0.1, -0.05) is 0 Å². The van der Waals surface area contributed by atoms with Crippen LogP contribution in [0.3, 0.4) is 0 Å². The van der Waals surface area contributed by atoms with Crippen LogP contribution in [0, 0.1) is 0 Å². The molecule has 0 aromatic rings. The summed E-state index contributed by atoms with van der Waals surface area (Å²) in [6, 6.07) is 0. The molecule has 0 saturated carbocycles. The zero-order valence-electron chi connectivity index (χ0n) is 5.55. The van der Waals surface area contributed by atoms with E-state index in [1.807, 2.05) is 0 Å². The Morgan fingerprint density at radius 2 is 1.73 bits per heavy atom. The topological polar surface area (TPSA) is 43.4 Å². The molecule has 3 nitrogen and oxygen atoms in total. The average Bonchev–Trinajstić information content (AvgIpc) is 1.61. The summed E-state index contributed by atoms with van der Waals surface area (Å²) in [6.07, 6.45) is 0. The quantitative estimate of drug-likeness (QED) is 0.515. The summed E-state index contributed by atoms with van der Waals surface area (Å²) in [5, 5.41) is 0. The maximum atomic E-state index is 11.3. The first-order valence-corrected chi connectivity index (χ1v) is 3.68. The Hall–Kier alpha value is 0.570. The van der Waals surface area contributed by atoms with Gasteiger partial charge in [-0.2, -0.15) is 21.6 Å². The third kappa shape index (κ3) is 4.22. The van der Waals surface area contributed by atoms with Gasteiger partial charge < -0.3 is 0 Å². The largest absolute Gasteiger partial charge is 0.523 e. The van der Waals surface area contributed by atoms with E-state index in [2.05, 4.69) is 4.18 Å². The minimum absolute atomic E-state index is 0. The molecule has 0 aliphatic rings. The first-order chi connectivity index (χ1) is 4.31. The number of hydrogen-bond acceptors (Lipinski definition) is 3. The minimum Gasteiger partial charge on any atom is -0.263 e. The van der Waals surface area contributed by atoms with Gasteiger partial charge in [0.1, 0.15) is 0 Å². The van der Waals surface area contributed by atoms with E-state index in [0.717, 1.165) is 6.92 Å². The second-order valence-corrected chi connectivity index (χ2v) is 2.91. The van der Waals surface area contributed by atoms with Crippen molar-refractivity contribution < 1.29 is 51.6 Å². The molecule has 0 unspecified atom stereocenters. The van der Waals surface area contributed by atoms with Gasteiger partial charge >= 0.3 is 15.6 Å². The Bertz CT molecular complexity index is 196. The van der Waals surface area contributed by atoms with E-state index >= 15 is 0 Å². The molecule has 0 aliphatic carbocycles. The van der Waals surface area contributed by atoms with Gasteiger partial charge in [-0.15, -0.1) is 0 Å². The summed E-state index contributed by atoms with van der Waals surface area (Å²) in [7, 11) is -5.35. The predicted octanol–water partition coefficient (Wildman–Crippen LogP) is 0.870. The van der Waals surface area contributed by atoms with E-state index in [-0.39, 0.29) is 25.8 Å². The molecule has 0 atom stereocenters. The van der Waals surface area contributed by atoms with Crippen LogP contribution in [-0.2, 0) is 40.1 Å². The summed E-state index contributed by atoms with van der Waals surface area (Å²) in [4.78, 5) is 0. The number of hydrogen-bond donors (Lipinski definition) is 0. The van der Waals surface area contributed by atoms with E-state index in [0.29, 0.717) is 0 Å². The Morgan fingerprint density at radius 3 is 1.82 bits per heavy atom. The van der Waals surface area contributed by atoms with E-state index in [4.69, 9.17) is 0 Å². The minimum atomic E-state index is -5.35. The van der Waals surface area contributed by atoms with Gasteiger partial charge in [0.25, 0.3) is 0 Å². The van der Waals surface area contributed by atoms with Crippen LogP contribution in [-0.4, -0.2) is 20.5 Å². The maximum Gasteiger partial charge on any atom is 0.523 e. The zero-order valence-corrected chi connectivity index (χ0v) is 8.17. The van der Waals surface area contributed by atoms with Crippen LogP contribution < -0.4 is 0 Å². The molecule has 0 amide bonds. The molecule has 0 aromatic carbocycles. The third-order valence-corrected chi connectivity index (χ3v) is 1.67. The molecular formula is C3H5F3O3SSc. The van der Waals surface area contributed by atoms with Crippen molar-refractivity contribution in [2.24, 2.45) is 0 Å². The van der Waals surface area contributed by atoms with Gasteiger partial charge in [0.15, 0.2) is 0 Å². The van der Waals surface area contributed by atoms with Crippen LogP contribution in [0.4, 0.5) is 13.2 Å². The van der Waals surface area contributed by atoms with Crippen molar-refractivity contribution in [1.82, 2.24) is 0 Å². The maximum absolute atomic E-state index is 11.3. The molecular weight excluding hydrogens is 218 g/mol. The first kappa shape index (κ1) is 14.1. The molecule has 11 heavy (non-hydrogen) atoms. The average molecular weight is 223 g/mol. The van der Waals surface area contributed by atoms with Crippen LogP contribution in [0.5, 0.6) is 0 Å². The van der Waals surface area contributed by atoms with E-state index in [1.54, 1.807) is 0 Å². The molecule has 8 heteroatoms.